The van der Waals surface area contributed by atoms with Crippen LogP contribution in [0.4, 0.5) is 5.69 Å². The van der Waals surface area contributed by atoms with Crippen LogP contribution in [-0.4, -0.2) is 47.7 Å². The topological polar surface area (TPSA) is 117 Å². The van der Waals surface area contributed by atoms with Gasteiger partial charge in [0.05, 0.1) is 11.1 Å². The lowest BCUT2D eigenvalue weighted by atomic mass is 10.0. The Kier molecular flexibility index (Phi) is 5.10. The molecule has 1 unspecified atom stereocenters. The number of carbonyl (C=O) groups is 4. The molecule has 3 heterocycles. The van der Waals surface area contributed by atoms with Gasteiger partial charge in [-0.05, 0) is 42.3 Å². The number of benzene rings is 2. The van der Waals surface area contributed by atoms with Crippen LogP contribution in [0.2, 0.25) is 0 Å². The van der Waals surface area contributed by atoms with Crippen LogP contribution in [0, 0.1) is 0 Å². The normalized spacial score (nSPS) is 20.2. The molecule has 1 saturated heterocycles. The summed E-state index contributed by atoms with van der Waals surface area (Å²) in [4.78, 5) is 50.3. The van der Waals surface area contributed by atoms with Gasteiger partial charge < -0.3 is 15.4 Å². The molecule has 0 saturated carbocycles. The molecule has 3 aliphatic heterocycles. The first-order valence-corrected chi connectivity index (χ1v) is 10.6. The fraction of sp³-hybridized carbons (Fsp3) is 0.304. The highest BCUT2D eigenvalue weighted by atomic mass is 16.5. The number of anilines is 1. The minimum atomic E-state index is -0.961. The number of hydrogen-bond donors (Lipinski definition) is 3. The lowest BCUT2D eigenvalue weighted by Gasteiger charge is -2.27. The molecule has 9 heteroatoms. The molecule has 0 radical (unpaired) electrons. The molecule has 2 aromatic rings. The maximum absolute atomic E-state index is 13.0. The summed E-state index contributed by atoms with van der Waals surface area (Å²) in [5, 5.41) is 8.85. The fourth-order valence-corrected chi connectivity index (χ4v) is 4.26. The number of nitrogens with one attached hydrogen (secondary N) is 3. The highest BCUT2D eigenvalue weighted by molar-refractivity contribution is 6.23. The van der Waals surface area contributed by atoms with Crippen LogP contribution in [0.5, 0.6) is 5.75 Å². The van der Waals surface area contributed by atoms with Gasteiger partial charge in [-0.1, -0.05) is 6.07 Å². The van der Waals surface area contributed by atoms with Crippen molar-refractivity contribution in [3.63, 3.8) is 0 Å². The summed E-state index contributed by atoms with van der Waals surface area (Å²) in [5.74, 6) is -1.14. The van der Waals surface area contributed by atoms with E-state index in [0.29, 0.717) is 13.2 Å². The second kappa shape index (κ2) is 8.08. The van der Waals surface area contributed by atoms with Crippen LogP contribution >= 0.6 is 0 Å². The SMILES string of the molecule is O=C1CCC(N2C(=O)c3ccc(CNc4ccc5c(c4)CNCCO5)cc3C2=O)C(=O)N1. The second-order valence-electron chi connectivity index (χ2n) is 8.03. The molecule has 3 aliphatic rings. The maximum atomic E-state index is 13.0. The molecule has 0 bridgehead atoms. The van der Waals surface area contributed by atoms with Crippen molar-refractivity contribution in [3.8, 4) is 5.75 Å². The number of imide groups is 2. The minimum Gasteiger partial charge on any atom is -0.492 e. The monoisotopic (exact) mass is 434 g/mol. The van der Waals surface area contributed by atoms with E-state index in [1.165, 1.54) is 0 Å². The zero-order valence-electron chi connectivity index (χ0n) is 17.3. The van der Waals surface area contributed by atoms with Crippen molar-refractivity contribution >= 4 is 29.3 Å². The molecule has 1 fully saturated rings. The van der Waals surface area contributed by atoms with Crippen LogP contribution in [0.1, 0.15) is 44.7 Å². The van der Waals surface area contributed by atoms with Gasteiger partial charge in [0.1, 0.15) is 18.4 Å². The van der Waals surface area contributed by atoms with Crippen LogP contribution < -0.4 is 20.7 Å². The molecule has 4 amide bonds. The highest BCUT2D eigenvalue weighted by Crippen LogP contribution is 2.29. The number of fused-ring (bicyclic) bond motifs is 2. The minimum absolute atomic E-state index is 0.0975. The van der Waals surface area contributed by atoms with Gasteiger partial charge in [0, 0.05) is 37.3 Å². The van der Waals surface area contributed by atoms with Crippen molar-refractivity contribution in [2.24, 2.45) is 0 Å². The first-order valence-electron chi connectivity index (χ1n) is 10.6. The summed E-state index contributed by atoms with van der Waals surface area (Å²) < 4.78 is 5.70. The first-order chi connectivity index (χ1) is 15.5. The zero-order valence-corrected chi connectivity index (χ0v) is 17.3. The summed E-state index contributed by atoms with van der Waals surface area (Å²) in [6.07, 6.45) is 0.238. The van der Waals surface area contributed by atoms with Gasteiger partial charge in [-0.2, -0.15) is 0 Å². The predicted molar refractivity (Wildman–Crippen MR) is 114 cm³/mol. The summed E-state index contributed by atoms with van der Waals surface area (Å²) in [6, 6.07) is 10.0. The summed E-state index contributed by atoms with van der Waals surface area (Å²) in [7, 11) is 0. The highest BCUT2D eigenvalue weighted by Gasteiger charge is 2.44. The van der Waals surface area contributed by atoms with Crippen LogP contribution in [0.25, 0.3) is 0 Å². The number of hydrogen-bond acceptors (Lipinski definition) is 7. The van der Waals surface area contributed by atoms with Crippen LogP contribution in [-0.2, 0) is 22.7 Å². The van der Waals surface area contributed by atoms with Crippen molar-refractivity contribution in [3.05, 3.63) is 58.7 Å². The summed E-state index contributed by atoms with van der Waals surface area (Å²) in [6.45, 7) is 2.63. The van der Waals surface area contributed by atoms with E-state index in [2.05, 4.69) is 16.0 Å². The number of rotatable bonds is 4. The molecule has 5 rings (SSSR count). The quantitative estimate of drug-likeness (QED) is 0.619. The Morgan fingerprint density at radius 1 is 1.03 bits per heavy atom. The number of nitrogens with zero attached hydrogens (tertiary/aromatic N) is 1. The van der Waals surface area contributed by atoms with E-state index in [9.17, 15) is 19.2 Å². The molecule has 9 nitrogen and oxygen atoms in total. The van der Waals surface area contributed by atoms with E-state index in [1.807, 2.05) is 18.2 Å². The van der Waals surface area contributed by atoms with Crippen molar-refractivity contribution in [1.29, 1.82) is 0 Å². The van der Waals surface area contributed by atoms with Crippen LogP contribution in [0.3, 0.4) is 0 Å². The van der Waals surface area contributed by atoms with Gasteiger partial charge in [-0.3, -0.25) is 29.4 Å². The Balaban J connectivity index is 1.31. The van der Waals surface area contributed by atoms with Gasteiger partial charge >= 0.3 is 0 Å². The Morgan fingerprint density at radius 2 is 1.88 bits per heavy atom. The lowest BCUT2D eigenvalue weighted by Crippen LogP contribution is -2.54. The zero-order chi connectivity index (χ0) is 22.2. The van der Waals surface area contributed by atoms with Gasteiger partial charge in [-0.25, -0.2) is 0 Å². The molecule has 2 aromatic carbocycles. The Bertz CT molecular complexity index is 1150. The number of piperidine rings is 1. The third-order valence-electron chi connectivity index (χ3n) is 5.91. The van der Waals surface area contributed by atoms with Gasteiger partial charge in [0.2, 0.25) is 11.8 Å². The molecule has 3 N–H and O–H groups in total. The Morgan fingerprint density at radius 3 is 2.72 bits per heavy atom. The number of carbonyl (C=O) groups excluding carboxylic acids is 4. The number of amides is 4. The third kappa shape index (κ3) is 3.60. The van der Waals surface area contributed by atoms with Crippen LogP contribution in [0.15, 0.2) is 36.4 Å². The van der Waals surface area contributed by atoms with Crippen molar-refractivity contribution in [2.45, 2.75) is 32.0 Å². The molecule has 0 aliphatic carbocycles. The van der Waals surface area contributed by atoms with E-state index in [1.54, 1.807) is 18.2 Å². The van der Waals surface area contributed by atoms with E-state index in [4.69, 9.17) is 4.74 Å². The maximum Gasteiger partial charge on any atom is 0.262 e. The third-order valence-corrected chi connectivity index (χ3v) is 5.91. The average Bonchev–Trinajstić information content (AvgIpc) is 2.94. The van der Waals surface area contributed by atoms with Gasteiger partial charge in [0.15, 0.2) is 0 Å². The second-order valence-corrected chi connectivity index (χ2v) is 8.03. The van der Waals surface area contributed by atoms with Crippen molar-refractivity contribution in [1.82, 2.24) is 15.5 Å². The number of ether oxygens (including phenoxy) is 1. The standard InChI is InChI=1S/C23H22N4O5/c28-20-6-4-18(21(29)26-20)27-22(30)16-3-1-13(9-17(16)23(27)31)11-25-15-2-5-19-14(10-15)12-24-7-8-32-19/h1-3,5,9-10,18,24-25H,4,6-8,11-12H2,(H,26,28,29). The molecule has 1 atom stereocenters. The van der Waals surface area contributed by atoms with E-state index in [0.717, 1.165) is 40.6 Å². The largest absolute Gasteiger partial charge is 0.492 e. The average molecular weight is 434 g/mol. The summed E-state index contributed by atoms with van der Waals surface area (Å²) in [5.41, 5.74) is 3.38. The Hall–Kier alpha value is -3.72. The van der Waals surface area contributed by atoms with E-state index >= 15 is 0 Å². The van der Waals surface area contributed by atoms with Crippen molar-refractivity contribution in [2.75, 3.05) is 18.5 Å². The predicted octanol–water partition coefficient (Wildman–Crippen LogP) is 1.18. The molecular weight excluding hydrogens is 412 g/mol. The summed E-state index contributed by atoms with van der Waals surface area (Å²) >= 11 is 0. The molecule has 32 heavy (non-hydrogen) atoms. The molecule has 164 valence electrons. The van der Waals surface area contributed by atoms with Crippen molar-refractivity contribution < 1.29 is 23.9 Å². The molecule has 0 spiro atoms. The molecular formula is C23H22N4O5. The van der Waals surface area contributed by atoms with E-state index < -0.39 is 29.7 Å². The van der Waals surface area contributed by atoms with Gasteiger partial charge in [-0.15, -0.1) is 0 Å². The lowest BCUT2D eigenvalue weighted by molar-refractivity contribution is -0.136. The van der Waals surface area contributed by atoms with E-state index in [-0.39, 0.29) is 24.0 Å². The Labute approximate surface area is 184 Å². The smallest absolute Gasteiger partial charge is 0.262 e. The molecule has 0 aromatic heterocycles. The fourth-order valence-electron chi connectivity index (χ4n) is 4.26. The first kappa shape index (κ1) is 20.2. The van der Waals surface area contributed by atoms with Gasteiger partial charge in [0.25, 0.3) is 11.8 Å².